The number of fused-ring (bicyclic) bond motifs is 4. The molecule has 0 fully saturated rings. The largest absolute Gasteiger partial charge is 0.496 e. The minimum absolute atomic E-state index is 0.0152. The van der Waals surface area contributed by atoms with E-state index < -0.39 is 5.97 Å². The summed E-state index contributed by atoms with van der Waals surface area (Å²) in [7, 11) is 1.52. The van der Waals surface area contributed by atoms with Crippen LogP contribution in [0.5, 0.6) is 17.2 Å². The number of aromatic nitrogens is 3. The number of aromatic amines is 1. The number of carbonyl (C=O) groups excluding carboxylic acids is 1. The van der Waals surface area contributed by atoms with Gasteiger partial charge in [0.05, 0.1) is 18.2 Å². The Morgan fingerprint density at radius 1 is 1.08 bits per heavy atom. The summed E-state index contributed by atoms with van der Waals surface area (Å²) in [6.45, 7) is 5.42. The number of nitrogens with zero attached hydrogens (tertiary/aromatic N) is 2. The van der Waals surface area contributed by atoms with Crippen LogP contribution < -0.4 is 19.9 Å². The number of carboxylic acid groups (broad SMARTS) is 1. The lowest BCUT2D eigenvalue weighted by Crippen LogP contribution is -2.18. The normalized spacial score (nSPS) is 13.6. The van der Waals surface area contributed by atoms with Crippen LogP contribution in [-0.2, 0) is 4.79 Å². The second-order valence-electron chi connectivity index (χ2n) is 8.50. The summed E-state index contributed by atoms with van der Waals surface area (Å²) < 4.78 is 17.2. The summed E-state index contributed by atoms with van der Waals surface area (Å²) in [5.41, 5.74) is 9.77. The van der Waals surface area contributed by atoms with Gasteiger partial charge in [0.15, 0.2) is 17.3 Å². The van der Waals surface area contributed by atoms with E-state index in [-0.39, 0.29) is 30.3 Å². The van der Waals surface area contributed by atoms with Crippen molar-refractivity contribution in [3.63, 3.8) is 0 Å². The Labute approximate surface area is 205 Å². The summed E-state index contributed by atoms with van der Waals surface area (Å²) in [5.74, 6) is 0.173. The van der Waals surface area contributed by atoms with Crippen molar-refractivity contribution in [1.29, 1.82) is 0 Å². The Hall–Kier alpha value is -4.60. The van der Waals surface area contributed by atoms with E-state index in [1.165, 1.54) is 20.1 Å². The number of allylic oxidation sites excluding steroid dienone is 2. The number of carboxylic acids is 1. The van der Waals surface area contributed by atoms with Crippen LogP contribution in [-0.4, -0.2) is 52.1 Å². The fraction of sp³-hybridized carbons (Fsp3) is 0.231. The number of aryl methyl sites for hydroxylation is 1. The fourth-order valence-corrected chi connectivity index (χ4v) is 4.67. The van der Waals surface area contributed by atoms with Gasteiger partial charge in [0.2, 0.25) is 0 Å². The maximum atomic E-state index is 12.4. The lowest BCUT2D eigenvalue weighted by molar-refractivity contribution is -0.111. The second kappa shape index (κ2) is 8.56. The molecule has 184 valence electrons. The minimum Gasteiger partial charge on any atom is -0.496 e. The number of ketones is 1. The standard InChI is InChI=1S/C26H24N4O6/c1-11(27)20(12(2)31)17-9-18-16(10-19(17)34-4)21-22(28-13(3)29-25(21)30-18)14-5-6-15(26(32)33)24-23(14)35-7-8-36-24/h5-6,9-10H,7-8,27H2,1-4H3,(H,32,33)(H,28,29,30). The molecule has 5 rings (SSSR count). The van der Waals surface area contributed by atoms with Crippen molar-refractivity contribution in [3.8, 4) is 28.5 Å². The number of benzene rings is 2. The molecule has 10 heteroatoms. The van der Waals surface area contributed by atoms with Gasteiger partial charge in [-0.2, -0.15) is 0 Å². The van der Waals surface area contributed by atoms with Gasteiger partial charge in [0, 0.05) is 33.3 Å². The van der Waals surface area contributed by atoms with Crippen molar-refractivity contribution in [3.05, 3.63) is 46.9 Å². The maximum Gasteiger partial charge on any atom is 0.339 e. The minimum atomic E-state index is -1.11. The van der Waals surface area contributed by atoms with Gasteiger partial charge in [0.1, 0.15) is 36.0 Å². The van der Waals surface area contributed by atoms with E-state index in [1.807, 2.05) is 12.1 Å². The summed E-state index contributed by atoms with van der Waals surface area (Å²) >= 11 is 0. The molecule has 0 unspecified atom stereocenters. The van der Waals surface area contributed by atoms with Crippen LogP contribution >= 0.6 is 0 Å². The number of H-pyrrole nitrogens is 1. The Morgan fingerprint density at radius 3 is 2.44 bits per heavy atom. The van der Waals surface area contributed by atoms with Gasteiger partial charge >= 0.3 is 5.97 Å². The second-order valence-corrected chi connectivity index (χ2v) is 8.50. The number of Topliss-reactive ketones (excluding diaryl/α,β-unsaturated/α-hetero) is 1. The van der Waals surface area contributed by atoms with Gasteiger partial charge in [-0.15, -0.1) is 0 Å². The smallest absolute Gasteiger partial charge is 0.339 e. The SMILES string of the molecule is COc1cc2c(cc1C(C(C)=O)=C(C)N)[nH]c1nc(C)nc(-c3ccc(C(=O)O)c4c3OCCO4)c12. The van der Waals surface area contributed by atoms with E-state index in [0.29, 0.717) is 62.0 Å². The number of nitrogens with two attached hydrogens (primary N) is 1. The van der Waals surface area contributed by atoms with Crippen LogP contribution in [0.2, 0.25) is 0 Å². The molecule has 10 nitrogen and oxygen atoms in total. The van der Waals surface area contributed by atoms with E-state index >= 15 is 0 Å². The molecule has 0 spiro atoms. The van der Waals surface area contributed by atoms with Crippen LogP contribution in [0.25, 0.3) is 38.8 Å². The molecule has 0 radical (unpaired) electrons. The fourth-order valence-electron chi connectivity index (χ4n) is 4.67. The molecule has 0 aliphatic carbocycles. The maximum absolute atomic E-state index is 12.4. The molecule has 1 aliphatic rings. The number of nitrogens with one attached hydrogen (secondary N) is 1. The highest BCUT2D eigenvalue weighted by atomic mass is 16.6. The van der Waals surface area contributed by atoms with Gasteiger partial charge in [-0.25, -0.2) is 14.8 Å². The average molecular weight is 489 g/mol. The predicted molar refractivity (Wildman–Crippen MR) is 134 cm³/mol. The van der Waals surface area contributed by atoms with E-state index in [2.05, 4.69) is 9.97 Å². The van der Waals surface area contributed by atoms with Gasteiger partial charge in [0.25, 0.3) is 0 Å². The van der Waals surface area contributed by atoms with Crippen LogP contribution in [0.15, 0.2) is 30.0 Å². The summed E-state index contributed by atoms with van der Waals surface area (Å²) in [5, 5.41) is 11.1. The number of hydrogen-bond donors (Lipinski definition) is 3. The molecule has 0 atom stereocenters. The molecule has 3 heterocycles. The number of carbonyl (C=O) groups is 2. The quantitative estimate of drug-likeness (QED) is 0.356. The van der Waals surface area contributed by atoms with E-state index in [9.17, 15) is 14.7 Å². The van der Waals surface area contributed by atoms with E-state index in [1.54, 1.807) is 19.9 Å². The van der Waals surface area contributed by atoms with Gasteiger partial charge in [-0.1, -0.05) is 0 Å². The Kier molecular flexibility index (Phi) is 5.51. The lowest BCUT2D eigenvalue weighted by Gasteiger charge is -2.22. The first-order valence-corrected chi connectivity index (χ1v) is 11.2. The van der Waals surface area contributed by atoms with Crippen molar-refractivity contribution in [2.24, 2.45) is 5.73 Å². The molecule has 2 aromatic heterocycles. The highest BCUT2D eigenvalue weighted by Gasteiger charge is 2.27. The Balaban J connectivity index is 1.85. The summed E-state index contributed by atoms with van der Waals surface area (Å²) in [6.07, 6.45) is 0. The van der Waals surface area contributed by atoms with Crippen LogP contribution in [0.1, 0.15) is 35.6 Å². The Morgan fingerprint density at radius 2 is 1.81 bits per heavy atom. The molecule has 0 saturated heterocycles. The van der Waals surface area contributed by atoms with Gasteiger partial charge < -0.3 is 30.0 Å². The third-order valence-corrected chi connectivity index (χ3v) is 6.07. The van der Waals surface area contributed by atoms with Gasteiger partial charge in [-0.3, -0.25) is 4.79 Å². The van der Waals surface area contributed by atoms with Crippen LogP contribution in [0, 0.1) is 6.92 Å². The number of methoxy groups -OCH3 is 1. The van der Waals surface area contributed by atoms with Crippen molar-refractivity contribution >= 4 is 39.3 Å². The third kappa shape index (κ3) is 3.58. The zero-order chi connectivity index (χ0) is 25.7. The van der Waals surface area contributed by atoms with Crippen molar-refractivity contribution in [2.75, 3.05) is 20.3 Å². The highest BCUT2D eigenvalue weighted by molar-refractivity contribution is 6.22. The van der Waals surface area contributed by atoms with Gasteiger partial charge in [-0.05, 0) is 45.0 Å². The van der Waals surface area contributed by atoms with Crippen molar-refractivity contribution < 1.29 is 28.9 Å². The molecule has 4 N–H and O–H groups in total. The van der Waals surface area contributed by atoms with E-state index in [4.69, 9.17) is 24.9 Å². The van der Waals surface area contributed by atoms with Crippen molar-refractivity contribution in [2.45, 2.75) is 20.8 Å². The molecule has 4 aromatic rings. The number of ether oxygens (including phenoxy) is 3. The molecule has 36 heavy (non-hydrogen) atoms. The topological polar surface area (TPSA) is 150 Å². The lowest BCUT2D eigenvalue weighted by atomic mass is 9.97. The average Bonchev–Trinajstić information content (AvgIpc) is 3.18. The zero-order valence-electron chi connectivity index (χ0n) is 20.2. The first-order chi connectivity index (χ1) is 17.2. The van der Waals surface area contributed by atoms with E-state index in [0.717, 1.165) is 5.39 Å². The first-order valence-electron chi connectivity index (χ1n) is 11.2. The third-order valence-electron chi connectivity index (χ3n) is 6.07. The molecular weight excluding hydrogens is 464 g/mol. The number of hydrogen-bond acceptors (Lipinski definition) is 8. The zero-order valence-corrected chi connectivity index (χ0v) is 20.2. The van der Waals surface area contributed by atoms with Crippen LogP contribution in [0.4, 0.5) is 0 Å². The Bertz CT molecular complexity index is 1610. The molecule has 0 amide bonds. The predicted octanol–water partition coefficient (Wildman–Crippen LogP) is 3.84. The molecule has 2 aromatic carbocycles. The van der Waals surface area contributed by atoms with Crippen LogP contribution in [0.3, 0.4) is 0 Å². The number of rotatable bonds is 5. The highest BCUT2D eigenvalue weighted by Crippen LogP contribution is 2.45. The molecular formula is C26H24N4O6. The first kappa shape index (κ1) is 23.2. The summed E-state index contributed by atoms with van der Waals surface area (Å²) in [6, 6.07) is 6.77. The summed E-state index contributed by atoms with van der Waals surface area (Å²) in [4.78, 5) is 36.7. The molecule has 0 bridgehead atoms. The number of aromatic carboxylic acids is 1. The molecule has 0 saturated carbocycles. The molecule has 1 aliphatic heterocycles. The van der Waals surface area contributed by atoms with Crippen molar-refractivity contribution in [1.82, 2.24) is 15.0 Å². The monoisotopic (exact) mass is 488 g/mol.